The predicted molar refractivity (Wildman–Crippen MR) is 107 cm³/mol. The standard InChI is InChI=1S/C18H15Cl4FN2O2/c1-9-4-13(23)15(25-17(26)27-8-18(20,21)22)7-12(9)11-5-14(10-2-3-10)24-16(19)6-11/h4-7,10H,2-3,8H2,1H3,(H,25,26). The molecule has 0 aliphatic heterocycles. The average molecular weight is 452 g/mol. The van der Waals surface area contributed by atoms with E-state index in [9.17, 15) is 9.18 Å². The highest BCUT2D eigenvalue weighted by atomic mass is 35.6. The van der Waals surface area contributed by atoms with Crippen molar-refractivity contribution in [2.45, 2.75) is 29.5 Å². The van der Waals surface area contributed by atoms with Gasteiger partial charge in [0.15, 0.2) is 0 Å². The van der Waals surface area contributed by atoms with Gasteiger partial charge in [-0.15, -0.1) is 0 Å². The molecule has 1 heterocycles. The molecule has 2 aromatic rings. The molecule has 1 aliphatic carbocycles. The minimum Gasteiger partial charge on any atom is -0.445 e. The second-order valence-corrected chi connectivity index (χ2v) is 9.24. The van der Waals surface area contributed by atoms with Gasteiger partial charge in [0.25, 0.3) is 0 Å². The van der Waals surface area contributed by atoms with Crippen molar-refractivity contribution < 1.29 is 13.9 Å². The van der Waals surface area contributed by atoms with E-state index < -0.39 is 22.3 Å². The van der Waals surface area contributed by atoms with Crippen LogP contribution in [0, 0.1) is 12.7 Å². The monoisotopic (exact) mass is 450 g/mol. The van der Waals surface area contributed by atoms with Gasteiger partial charge in [-0.05, 0) is 60.7 Å². The second-order valence-electron chi connectivity index (χ2n) is 6.34. The molecule has 1 aromatic heterocycles. The number of carbonyl (C=O) groups excluding carboxylic acids is 1. The molecule has 4 nitrogen and oxygen atoms in total. The van der Waals surface area contributed by atoms with Gasteiger partial charge < -0.3 is 4.74 Å². The SMILES string of the molecule is Cc1cc(F)c(NC(=O)OCC(Cl)(Cl)Cl)cc1-c1cc(Cl)nc(C2CC2)c1. The first-order chi connectivity index (χ1) is 12.6. The second kappa shape index (κ2) is 8.00. The number of alkyl halides is 3. The van der Waals surface area contributed by atoms with Gasteiger partial charge in [0.1, 0.15) is 17.6 Å². The number of amides is 1. The quantitative estimate of drug-likeness (QED) is 0.418. The van der Waals surface area contributed by atoms with Crippen molar-refractivity contribution in [1.82, 2.24) is 4.98 Å². The minimum atomic E-state index is -1.75. The Hall–Kier alpha value is -1.27. The summed E-state index contributed by atoms with van der Waals surface area (Å²) in [6, 6.07) is 6.49. The van der Waals surface area contributed by atoms with Crippen molar-refractivity contribution in [2.24, 2.45) is 0 Å². The number of hydrogen-bond acceptors (Lipinski definition) is 3. The summed E-state index contributed by atoms with van der Waals surface area (Å²) in [4.78, 5) is 16.2. The number of halogens is 5. The minimum absolute atomic E-state index is 0.0502. The smallest absolute Gasteiger partial charge is 0.411 e. The Kier molecular flexibility index (Phi) is 6.06. The number of carbonyl (C=O) groups is 1. The molecule has 0 radical (unpaired) electrons. The van der Waals surface area contributed by atoms with Gasteiger partial charge in [0.2, 0.25) is 3.79 Å². The lowest BCUT2D eigenvalue weighted by Crippen LogP contribution is -2.21. The number of aryl methyl sites for hydroxylation is 1. The van der Waals surface area contributed by atoms with Crippen molar-refractivity contribution in [3.63, 3.8) is 0 Å². The van der Waals surface area contributed by atoms with Crippen LogP contribution in [0.4, 0.5) is 14.9 Å². The summed E-state index contributed by atoms with van der Waals surface area (Å²) in [6.07, 6.45) is 1.23. The summed E-state index contributed by atoms with van der Waals surface area (Å²) < 4.78 is 17.3. The molecule has 27 heavy (non-hydrogen) atoms. The van der Waals surface area contributed by atoms with Crippen LogP contribution in [-0.4, -0.2) is 21.5 Å². The zero-order chi connectivity index (χ0) is 19.8. The van der Waals surface area contributed by atoms with Crippen LogP contribution in [0.15, 0.2) is 24.3 Å². The van der Waals surface area contributed by atoms with E-state index in [2.05, 4.69) is 10.3 Å². The summed E-state index contributed by atoms with van der Waals surface area (Å²) in [5, 5.41) is 2.69. The van der Waals surface area contributed by atoms with E-state index in [1.807, 2.05) is 6.07 Å². The van der Waals surface area contributed by atoms with Gasteiger partial charge in [-0.1, -0.05) is 46.4 Å². The summed E-state index contributed by atoms with van der Waals surface area (Å²) in [6.45, 7) is 1.31. The number of benzene rings is 1. The van der Waals surface area contributed by atoms with Gasteiger partial charge in [-0.2, -0.15) is 0 Å². The van der Waals surface area contributed by atoms with Crippen molar-refractivity contribution in [3.05, 3.63) is 46.5 Å². The maximum absolute atomic E-state index is 14.3. The van der Waals surface area contributed by atoms with Crippen LogP contribution in [0.2, 0.25) is 5.15 Å². The fraction of sp³-hybridized carbons (Fsp3) is 0.333. The molecule has 0 saturated heterocycles. The first-order valence-electron chi connectivity index (χ1n) is 8.11. The lowest BCUT2D eigenvalue weighted by atomic mass is 9.99. The molecule has 1 aromatic carbocycles. The number of anilines is 1. The third-order valence-electron chi connectivity index (χ3n) is 4.04. The molecule has 0 atom stereocenters. The first kappa shape index (κ1) is 20.5. The van der Waals surface area contributed by atoms with Crippen molar-refractivity contribution in [3.8, 4) is 11.1 Å². The van der Waals surface area contributed by atoms with Crippen LogP contribution in [0.25, 0.3) is 11.1 Å². The number of rotatable bonds is 4. The third-order valence-corrected chi connectivity index (χ3v) is 4.56. The Morgan fingerprint density at radius 2 is 2.00 bits per heavy atom. The number of nitrogens with zero attached hydrogens (tertiary/aromatic N) is 1. The zero-order valence-corrected chi connectivity index (χ0v) is 17.2. The predicted octanol–water partition coefficient (Wildman–Crippen LogP) is 6.65. The molecule has 0 spiro atoms. The number of hydrogen-bond donors (Lipinski definition) is 1. The molecule has 1 amide bonds. The highest BCUT2D eigenvalue weighted by Crippen LogP contribution is 2.41. The topological polar surface area (TPSA) is 51.2 Å². The van der Waals surface area contributed by atoms with Crippen LogP contribution in [-0.2, 0) is 4.74 Å². The molecule has 1 fully saturated rings. The van der Waals surface area contributed by atoms with Gasteiger partial charge in [0, 0.05) is 11.6 Å². The van der Waals surface area contributed by atoms with Gasteiger partial charge in [-0.25, -0.2) is 14.2 Å². The van der Waals surface area contributed by atoms with Crippen LogP contribution >= 0.6 is 46.4 Å². The van der Waals surface area contributed by atoms with Crippen LogP contribution in [0.5, 0.6) is 0 Å². The molecule has 1 aliphatic rings. The lowest BCUT2D eigenvalue weighted by Gasteiger charge is -2.14. The van der Waals surface area contributed by atoms with E-state index in [1.165, 1.54) is 12.1 Å². The molecule has 144 valence electrons. The van der Waals surface area contributed by atoms with Crippen LogP contribution < -0.4 is 5.32 Å². The summed E-state index contributed by atoms with van der Waals surface area (Å²) in [5.41, 5.74) is 3.08. The first-order valence-corrected chi connectivity index (χ1v) is 9.62. The number of ether oxygens (including phenoxy) is 1. The Bertz CT molecular complexity index is 882. The normalized spacial score (nSPS) is 14.1. The van der Waals surface area contributed by atoms with E-state index in [0.29, 0.717) is 16.6 Å². The molecular weight excluding hydrogens is 437 g/mol. The van der Waals surface area contributed by atoms with Crippen molar-refractivity contribution in [2.75, 3.05) is 11.9 Å². The molecule has 0 unspecified atom stereocenters. The Morgan fingerprint density at radius 3 is 2.63 bits per heavy atom. The molecular formula is C18H15Cl4FN2O2. The third kappa shape index (κ3) is 5.61. The zero-order valence-electron chi connectivity index (χ0n) is 14.2. The van der Waals surface area contributed by atoms with Gasteiger partial charge in [-0.3, -0.25) is 5.32 Å². The van der Waals surface area contributed by atoms with E-state index in [-0.39, 0.29) is 5.69 Å². The molecule has 1 N–H and O–H groups in total. The van der Waals surface area contributed by atoms with Gasteiger partial charge in [0.05, 0.1) is 5.69 Å². The Labute approximate surface area is 175 Å². The number of nitrogens with one attached hydrogen (secondary N) is 1. The average Bonchev–Trinajstić information content (AvgIpc) is 3.39. The van der Waals surface area contributed by atoms with Crippen LogP contribution in [0.1, 0.15) is 30.0 Å². The maximum Gasteiger partial charge on any atom is 0.411 e. The summed E-state index contributed by atoms with van der Waals surface area (Å²) >= 11 is 22.7. The number of pyridine rings is 1. The van der Waals surface area contributed by atoms with E-state index in [0.717, 1.165) is 29.7 Å². The largest absolute Gasteiger partial charge is 0.445 e. The van der Waals surface area contributed by atoms with Gasteiger partial charge >= 0.3 is 6.09 Å². The summed E-state index contributed by atoms with van der Waals surface area (Å²) in [7, 11) is 0. The summed E-state index contributed by atoms with van der Waals surface area (Å²) in [5.74, 6) is -0.192. The highest BCUT2D eigenvalue weighted by molar-refractivity contribution is 6.67. The lowest BCUT2D eigenvalue weighted by molar-refractivity contribution is 0.164. The van der Waals surface area contributed by atoms with E-state index in [1.54, 1.807) is 13.0 Å². The Morgan fingerprint density at radius 1 is 1.30 bits per heavy atom. The van der Waals surface area contributed by atoms with Crippen LogP contribution in [0.3, 0.4) is 0 Å². The maximum atomic E-state index is 14.3. The van der Waals surface area contributed by atoms with E-state index in [4.69, 9.17) is 51.1 Å². The van der Waals surface area contributed by atoms with Crippen molar-refractivity contribution >= 4 is 58.2 Å². The van der Waals surface area contributed by atoms with Crippen molar-refractivity contribution in [1.29, 1.82) is 0 Å². The fourth-order valence-electron chi connectivity index (χ4n) is 2.63. The van der Waals surface area contributed by atoms with E-state index >= 15 is 0 Å². The number of aromatic nitrogens is 1. The molecule has 9 heteroatoms. The molecule has 0 bridgehead atoms. The molecule has 3 rings (SSSR count). The molecule has 1 saturated carbocycles. The fourth-order valence-corrected chi connectivity index (χ4v) is 3.01. The Balaban J connectivity index is 1.87. The highest BCUT2D eigenvalue weighted by Gasteiger charge is 2.26.